The van der Waals surface area contributed by atoms with Gasteiger partial charge in [-0.05, 0) is 25.1 Å². The zero-order chi connectivity index (χ0) is 14.3. The van der Waals surface area contributed by atoms with E-state index in [1.54, 1.807) is 4.90 Å². The number of nitrogens with two attached hydrogens (primary N) is 1. The first kappa shape index (κ1) is 16.0. The third kappa shape index (κ3) is 4.82. The highest BCUT2D eigenvalue weighted by atomic mass is 35.5. The topological polar surface area (TPSA) is 66.6 Å². The number of hydrogen-bond acceptors (Lipinski definition) is 3. The highest BCUT2D eigenvalue weighted by molar-refractivity contribution is 6.31. The molecule has 0 aliphatic carbocycles. The second kappa shape index (κ2) is 8.15. The number of nitrogens with zero attached hydrogens (tertiary/aromatic N) is 1. The Kier molecular flexibility index (Phi) is 6.84. The number of halogens is 1. The van der Waals surface area contributed by atoms with E-state index >= 15 is 0 Å². The third-order valence-electron chi connectivity index (χ3n) is 3.11. The first-order valence-electron chi connectivity index (χ1n) is 6.44. The van der Waals surface area contributed by atoms with Gasteiger partial charge in [0.05, 0.1) is 0 Å². The fraction of sp³-hybridized carbons (Fsp3) is 0.500. The van der Waals surface area contributed by atoms with Gasteiger partial charge in [-0.3, -0.25) is 4.79 Å². The van der Waals surface area contributed by atoms with Gasteiger partial charge in [-0.1, -0.05) is 29.8 Å². The van der Waals surface area contributed by atoms with Crippen molar-refractivity contribution in [2.45, 2.75) is 19.9 Å². The molecule has 0 fully saturated rings. The summed E-state index contributed by atoms with van der Waals surface area (Å²) in [6.45, 7) is 3.26. The number of rotatable bonds is 7. The molecule has 106 valence electrons. The van der Waals surface area contributed by atoms with Gasteiger partial charge < -0.3 is 15.7 Å². The van der Waals surface area contributed by atoms with E-state index < -0.39 is 0 Å². The summed E-state index contributed by atoms with van der Waals surface area (Å²) >= 11 is 6.09. The lowest BCUT2D eigenvalue weighted by atomic mass is 10.1. The zero-order valence-electron chi connectivity index (χ0n) is 11.2. The minimum absolute atomic E-state index is 0.00748. The molecule has 1 rings (SSSR count). The number of aliphatic hydroxyl groups excluding tert-OH is 1. The number of carbonyl (C=O) groups excluding carboxylic acids is 1. The molecule has 0 bridgehead atoms. The van der Waals surface area contributed by atoms with Gasteiger partial charge in [-0.2, -0.15) is 0 Å². The second-order valence-corrected chi connectivity index (χ2v) is 4.89. The van der Waals surface area contributed by atoms with Gasteiger partial charge >= 0.3 is 0 Å². The van der Waals surface area contributed by atoms with E-state index in [2.05, 4.69) is 0 Å². The zero-order valence-corrected chi connectivity index (χ0v) is 11.9. The SMILES string of the molecule is CCN(Cc1ccccc1Cl)C(=O)C[C@@H](CN)CO. The lowest BCUT2D eigenvalue weighted by Gasteiger charge is -2.23. The van der Waals surface area contributed by atoms with Crippen LogP contribution < -0.4 is 5.73 Å². The summed E-state index contributed by atoms with van der Waals surface area (Å²) in [5.41, 5.74) is 6.42. The number of benzene rings is 1. The standard InChI is InChI=1S/C14H21ClN2O2/c1-2-17(14(19)7-11(8-16)10-18)9-12-5-3-4-6-13(12)15/h3-6,11,18H,2,7-10,16H2,1H3/t11-/m0/s1. The Morgan fingerprint density at radius 1 is 1.47 bits per heavy atom. The van der Waals surface area contributed by atoms with Crippen LogP contribution in [0.5, 0.6) is 0 Å². The van der Waals surface area contributed by atoms with E-state index in [0.29, 0.717) is 24.7 Å². The van der Waals surface area contributed by atoms with Gasteiger partial charge in [0.2, 0.25) is 5.91 Å². The molecule has 1 amide bonds. The monoisotopic (exact) mass is 284 g/mol. The molecule has 0 saturated heterocycles. The molecule has 0 aliphatic rings. The highest BCUT2D eigenvalue weighted by Gasteiger charge is 2.17. The van der Waals surface area contributed by atoms with E-state index in [1.165, 1.54) is 0 Å². The molecule has 5 heteroatoms. The number of hydrogen-bond donors (Lipinski definition) is 2. The van der Waals surface area contributed by atoms with Crippen molar-refractivity contribution >= 4 is 17.5 Å². The predicted molar refractivity (Wildman–Crippen MR) is 76.8 cm³/mol. The van der Waals surface area contributed by atoms with Crippen molar-refractivity contribution in [2.24, 2.45) is 11.7 Å². The Morgan fingerprint density at radius 2 is 2.16 bits per heavy atom. The van der Waals surface area contributed by atoms with Crippen LogP contribution in [-0.2, 0) is 11.3 Å². The summed E-state index contributed by atoms with van der Waals surface area (Å²) in [6.07, 6.45) is 0.269. The summed E-state index contributed by atoms with van der Waals surface area (Å²) in [6, 6.07) is 7.48. The molecule has 0 unspecified atom stereocenters. The normalized spacial score (nSPS) is 12.2. The Labute approximate surface area is 119 Å². The van der Waals surface area contributed by atoms with Crippen LogP contribution in [0.3, 0.4) is 0 Å². The first-order chi connectivity index (χ1) is 9.12. The lowest BCUT2D eigenvalue weighted by Crippen LogP contribution is -2.34. The van der Waals surface area contributed by atoms with Crippen molar-refractivity contribution in [3.8, 4) is 0 Å². The summed E-state index contributed by atoms with van der Waals surface area (Å²) < 4.78 is 0. The fourth-order valence-corrected chi connectivity index (χ4v) is 2.00. The van der Waals surface area contributed by atoms with Crippen molar-refractivity contribution in [1.82, 2.24) is 4.90 Å². The Hall–Kier alpha value is -1.10. The molecule has 0 aromatic heterocycles. The second-order valence-electron chi connectivity index (χ2n) is 4.49. The van der Waals surface area contributed by atoms with Crippen LogP contribution >= 0.6 is 11.6 Å². The molecule has 1 aromatic rings. The predicted octanol–water partition coefficient (Wildman–Crippen LogP) is 1.65. The minimum atomic E-state index is -0.173. The Bertz CT molecular complexity index is 408. The van der Waals surface area contributed by atoms with Crippen molar-refractivity contribution in [2.75, 3.05) is 19.7 Å². The van der Waals surface area contributed by atoms with E-state index in [0.717, 1.165) is 5.56 Å². The quantitative estimate of drug-likeness (QED) is 0.800. The summed E-state index contributed by atoms with van der Waals surface area (Å²) in [7, 11) is 0. The molecule has 0 radical (unpaired) electrons. The summed E-state index contributed by atoms with van der Waals surface area (Å²) in [5, 5.41) is 9.75. The molecule has 0 heterocycles. The number of amides is 1. The first-order valence-corrected chi connectivity index (χ1v) is 6.82. The van der Waals surface area contributed by atoms with E-state index in [-0.39, 0.29) is 24.9 Å². The van der Waals surface area contributed by atoms with Crippen LogP contribution in [0.15, 0.2) is 24.3 Å². The van der Waals surface area contributed by atoms with Crippen LogP contribution in [0.2, 0.25) is 5.02 Å². The molecule has 1 atom stereocenters. The Morgan fingerprint density at radius 3 is 2.68 bits per heavy atom. The smallest absolute Gasteiger partial charge is 0.223 e. The lowest BCUT2D eigenvalue weighted by molar-refractivity contribution is -0.132. The van der Waals surface area contributed by atoms with Crippen LogP contribution in [0.4, 0.5) is 0 Å². The third-order valence-corrected chi connectivity index (χ3v) is 3.48. The van der Waals surface area contributed by atoms with Crippen molar-refractivity contribution in [3.63, 3.8) is 0 Å². The van der Waals surface area contributed by atoms with Crippen LogP contribution in [0, 0.1) is 5.92 Å². The molecule has 0 aliphatic heterocycles. The van der Waals surface area contributed by atoms with Gasteiger partial charge in [0.15, 0.2) is 0 Å². The Balaban J connectivity index is 2.68. The van der Waals surface area contributed by atoms with E-state index in [4.69, 9.17) is 22.4 Å². The molecule has 1 aromatic carbocycles. The van der Waals surface area contributed by atoms with Gasteiger partial charge in [0.1, 0.15) is 0 Å². The van der Waals surface area contributed by atoms with E-state index in [9.17, 15) is 4.79 Å². The molecule has 0 saturated carbocycles. The van der Waals surface area contributed by atoms with Crippen LogP contribution in [0.25, 0.3) is 0 Å². The molecular formula is C14H21ClN2O2. The van der Waals surface area contributed by atoms with Crippen LogP contribution in [0.1, 0.15) is 18.9 Å². The van der Waals surface area contributed by atoms with Crippen molar-refractivity contribution < 1.29 is 9.90 Å². The average Bonchev–Trinajstić information content (AvgIpc) is 2.43. The summed E-state index contributed by atoms with van der Waals surface area (Å²) in [4.78, 5) is 13.9. The van der Waals surface area contributed by atoms with E-state index in [1.807, 2.05) is 31.2 Å². The maximum Gasteiger partial charge on any atom is 0.223 e. The van der Waals surface area contributed by atoms with Crippen molar-refractivity contribution in [1.29, 1.82) is 0 Å². The largest absolute Gasteiger partial charge is 0.396 e. The minimum Gasteiger partial charge on any atom is -0.396 e. The van der Waals surface area contributed by atoms with Gasteiger partial charge in [-0.15, -0.1) is 0 Å². The van der Waals surface area contributed by atoms with Crippen LogP contribution in [-0.4, -0.2) is 35.6 Å². The maximum absolute atomic E-state index is 12.1. The molecule has 0 spiro atoms. The van der Waals surface area contributed by atoms with Gasteiger partial charge in [0, 0.05) is 37.1 Å². The van der Waals surface area contributed by atoms with Gasteiger partial charge in [-0.25, -0.2) is 0 Å². The van der Waals surface area contributed by atoms with Gasteiger partial charge in [0.25, 0.3) is 0 Å². The molecule has 4 nitrogen and oxygen atoms in total. The molecular weight excluding hydrogens is 264 g/mol. The molecule has 19 heavy (non-hydrogen) atoms. The van der Waals surface area contributed by atoms with Crippen molar-refractivity contribution in [3.05, 3.63) is 34.9 Å². The maximum atomic E-state index is 12.1. The highest BCUT2D eigenvalue weighted by Crippen LogP contribution is 2.18. The average molecular weight is 285 g/mol. The number of carbonyl (C=O) groups is 1. The fourth-order valence-electron chi connectivity index (χ4n) is 1.81. The molecule has 3 N–H and O–H groups in total. The number of aliphatic hydroxyl groups is 1. The summed E-state index contributed by atoms with van der Waals surface area (Å²) in [5.74, 6) is -0.181.